The number of para-hydroxylation sites is 2. The largest absolute Gasteiger partial charge is 0.495 e. The van der Waals surface area contributed by atoms with Crippen LogP contribution in [0.4, 0.5) is 18.9 Å². The minimum absolute atomic E-state index is 0.418. The summed E-state index contributed by atoms with van der Waals surface area (Å²) in [6.45, 7) is 3.69. The molecule has 6 nitrogen and oxygen atoms in total. The van der Waals surface area contributed by atoms with E-state index >= 15 is 0 Å². The summed E-state index contributed by atoms with van der Waals surface area (Å²) in [5, 5.41) is 4.75. The van der Waals surface area contributed by atoms with Gasteiger partial charge in [0.05, 0.1) is 17.8 Å². The molecular formula is C19H24F3N5OS. The van der Waals surface area contributed by atoms with Gasteiger partial charge in [-0.25, -0.2) is 4.98 Å². The molecule has 0 unspecified atom stereocenters. The fraction of sp³-hybridized carbons (Fsp3) is 0.474. The molecule has 1 N–H and O–H groups in total. The summed E-state index contributed by atoms with van der Waals surface area (Å²) in [5.41, 5.74) is 0.246. The number of methoxy groups -OCH3 is 1. The molecule has 29 heavy (non-hydrogen) atoms. The van der Waals surface area contributed by atoms with E-state index in [1.165, 1.54) is 0 Å². The number of rotatable bonds is 5. The summed E-state index contributed by atoms with van der Waals surface area (Å²) >= 11 is 1.03. The third kappa shape index (κ3) is 5.31. The topological polar surface area (TPSA) is 53.0 Å². The van der Waals surface area contributed by atoms with Gasteiger partial charge in [-0.2, -0.15) is 13.2 Å². The van der Waals surface area contributed by atoms with Gasteiger partial charge in [-0.15, -0.1) is 11.3 Å². The third-order valence-electron chi connectivity index (χ3n) is 4.68. The molecule has 1 aliphatic rings. The number of hydrogen-bond acceptors (Lipinski definition) is 5. The molecule has 0 atom stereocenters. The second-order valence-electron chi connectivity index (χ2n) is 6.49. The number of alkyl halides is 3. The lowest BCUT2D eigenvalue weighted by molar-refractivity contribution is -0.140. The van der Waals surface area contributed by atoms with Crippen LogP contribution in [0.5, 0.6) is 5.75 Å². The average Bonchev–Trinajstić information content (AvgIpc) is 3.21. The van der Waals surface area contributed by atoms with Gasteiger partial charge in [-0.3, -0.25) is 4.99 Å². The van der Waals surface area contributed by atoms with Crippen molar-refractivity contribution < 1.29 is 17.9 Å². The molecule has 0 saturated carbocycles. The van der Waals surface area contributed by atoms with Gasteiger partial charge in [0.25, 0.3) is 0 Å². The number of aliphatic imine (C=N–C) groups is 1. The fourth-order valence-corrected chi connectivity index (χ4v) is 4.02. The molecule has 10 heteroatoms. The van der Waals surface area contributed by atoms with Crippen LogP contribution in [0.15, 0.2) is 34.6 Å². The fourth-order valence-electron chi connectivity index (χ4n) is 3.22. The van der Waals surface area contributed by atoms with Crippen LogP contribution in [0.3, 0.4) is 0 Å². The number of nitrogens with one attached hydrogen (secondary N) is 1. The first-order valence-electron chi connectivity index (χ1n) is 9.27. The highest BCUT2D eigenvalue weighted by Crippen LogP contribution is 2.30. The summed E-state index contributed by atoms with van der Waals surface area (Å²) in [7, 11) is 3.38. The minimum Gasteiger partial charge on any atom is -0.495 e. The van der Waals surface area contributed by atoms with Crippen molar-refractivity contribution in [1.29, 1.82) is 0 Å². The van der Waals surface area contributed by atoms with Crippen LogP contribution >= 0.6 is 11.3 Å². The second kappa shape index (κ2) is 9.34. The lowest BCUT2D eigenvalue weighted by atomic mass is 10.2. The third-order valence-corrected chi connectivity index (χ3v) is 5.59. The number of halogens is 3. The molecule has 2 heterocycles. The van der Waals surface area contributed by atoms with E-state index in [2.05, 4.69) is 25.1 Å². The first-order valence-corrected chi connectivity index (χ1v) is 10.2. The van der Waals surface area contributed by atoms with E-state index in [4.69, 9.17) is 4.74 Å². The van der Waals surface area contributed by atoms with Crippen LogP contribution in [-0.2, 0) is 12.6 Å². The van der Waals surface area contributed by atoms with Crippen molar-refractivity contribution in [2.45, 2.75) is 12.6 Å². The van der Waals surface area contributed by atoms with Gasteiger partial charge in [-0.05, 0) is 12.1 Å². The highest BCUT2D eigenvalue weighted by Gasteiger charge is 2.33. The quantitative estimate of drug-likeness (QED) is 0.587. The van der Waals surface area contributed by atoms with Gasteiger partial charge in [-0.1, -0.05) is 12.1 Å². The van der Waals surface area contributed by atoms with E-state index < -0.39 is 11.9 Å². The molecule has 1 aromatic heterocycles. The van der Waals surface area contributed by atoms with Gasteiger partial charge in [0.1, 0.15) is 5.75 Å². The summed E-state index contributed by atoms with van der Waals surface area (Å²) in [6, 6.07) is 7.94. The predicted molar refractivity (Wildman–Crippen MR) is 109 cm³/mol. The molecule has 0 radical (unpaired) electrons. The van der Waals surface area contributed by atoms with Crippen molar-refractivity contribution in [1.82, 2.24) is 15.2 Å². The van der Waals surface area contributed by atoms with E-state index in [1.807, 2.05) is 24.3 Å². The van der Waals surface area contributed by atoms with Gasteiger partial charge >= 0.3 is 6.18 Å². The zero-order chi connectivity index (χ0) is 20.9. The Morgan fingerprint density at radius 2 is 1.97 bits per heavy atom. The van der Waals surface area contributed by atoms with Crippen LogP contribution in [0, 0.1) is 0 Å². The Balaban J connectivity index is 1.50. The number of nitrogens with zero attached hydrogens (tertiary/aromatic N) is 4. The summed E-state index contributed by atoms with van der Waals surface area (Å²) in [4.78, 5) is 12.4. The molecular weight excluding hydrogens is 403 g/mol. The molecule has 0 amide bonds. The maximum Gasteiger partial charge on any atom is 0.434 e. The maximum absolute atomic E-state index is 12.6. The lowest BCUT2D eigenvalue weighted by Gasteiger charge is -2.38. The molecule has 1 fully saturated rings. The number of guanidine groups is 1. The van der Waals surface area contributed by atoms with Crippen molar-refractivity contribution >= 4 is 23.0 Å². The van der Waals surface area contributed by atoms with Crippen molar-refractivity contribution in [2.24, 2.45) is 4.99 Å². The summed E-state index contributed by atoms with van der Waals surface area (Å²) in [5.74, 6) is 1.60. The van der Waals surface area contributed by atoms with Crippen LogP contribution in [0.2, 0.25) is 0 Å². The first kappa shape index (κ1) is 21.2. The average molecular weight is 427 g/mol. The number of hydrogen-bond donors (Lipinski definition) is 1. The molecule has 158 valence electrons. The number of thiazole rings is 1. The zero-order valence-corrected chi connectivity index (χ0v) is 17.2. The maximum atomic E-state index is 12.6. The smallest absolute Gasteiger partial charge is 0.434 e. The zero-order valence-electron chi connectivity index (χ0n) is 16.4. The molecule has 0 aliphatic carbocycles. The normalized spacial score (nSPS) is 15.6. The van der Waals surface area contributed by atoms with E-state index in [0.29, 0.717) is 18.0 Å². The van der Waals surface area contributed by atoms with Crippen LogP contribution in [0.25, 0.3) is 0 Å². The summed E-state index contributed by atoms with van der Waals surface area (Å²) < 4.78 is 43.4. The molecule has 3 rings (SSSR count). The molecule has 2 aromatic rings. The van der Waals surface area contributed by atoms with Crippen LogP contribution in [0.1, 0.15) is 10.7 Å². The van der Waals surface area contributed by atoms with Crippen molar-refractivity contribution in [2.75, 3.05) is 51.8 Å². The summed E-state index contributed by atoms with van der Waals surface area (Å²) in [6.07, 6.45) is -3.97. The SMILES string of the molecule is CN=C(NCCc1nc(C(F)(F)F)cs1)N1CCN(c2ccccc2OC)CC1. The number of benzene rings is 1. The Morgan fingerprint density at radius 3 is 2.59 bits per heavy atom. The highest BCUT2D eigenvalue weighted by molar-refractivity contribution is 7.09. The van der Waals surface area contributed by atoms with E-state index in [1.54, 1.807) is 14.2 Å². The Kier molecular flexibility index (Phi) is 6.83. The van der Waals surface area contributed by atoms with Gasteiger partial charge in [0.2, 0.25) is 0 Å². The van der Waals surface area contributed by atoms with E-state index in [0.717, 1.165) is 60.3 Å². The molecule has 1 saturated heterocycles. The number of ether oxygens (including phenoxy) is 1. The minimum atomic E-state index is -4.39. The predicted octanol–water partition coefficient (Wildman–Crippen LogP) is 3.11. The Morgan fingerprint density at radius 1 is 1.24 bits per heavy atom. The Labute approximate surface area is 172 Å². The Hall–Kier alpha value is -2.49. The van der Waals surface area contributed by atoms with Crippen molar-refractivity contribution in [3.63, 3.8) is 0 Å². The number of aromatic nitrogens is 1. The van der Waals surface area contributed by atoms with Crippen molar-refractivity contribution in [3.8, 4) is 5.75 Å². The highest BCUT2D eigenvalue weighted by atomic mass is 32.1. The van der Waals surface area contributed by atoms with Crippen LogP contribution < -0.4 is 15.0 Å². The van der Waals surface area contributed by atoms with Gasteiger partial charge in [0, 0.05) is 51.6 Å². The molecule has 1 aliphatic heterocycles. The van der Waals surface area contributed by atoms with E-state index in [-0.39, 0.29) is 0 Å². The molecule has 0 bridgehead atoms. The first-order chi connectivity index (χ1) is 13.9. The Bertz CT molecular complexity index is 831. The molecule has 1 aromatic carbocycles. The second-order valence-corrected chi connectivity index (χ2v) is 7.44. The monoisotopic (exact) mass is 427 g/mol. The number of piperazine rings is 1. The molecule has 0 spiro atoms. The standard InChI is InChI=1S/C19H24F3N5OS/c1-23-18(24-8-7-17-25-16(13-29-17)19(20,21)22)27-11-9-26(10-12-27)14-5-3-4-6-15(14)28-2/h3-6,13H,7-12H2,1-2H3,(H,23,24). The van der Waals surface area contributed by atoms with Crippen molar-refractivity contribution in [3.05, 3.63) is 40.3 Å². The van der Waals surface area contributed by atoms with E-state index in [9.17, 15) is 13.2 Å². The van der Waals surface area contributed by atoms with Crippen LogP contribution in [-0.4, -0.2) is 62.7 Å². The van der Waals surface area contributed by atoms with Gasteiger partial charge < -0.3 is 19.9 Å². The lowest BCUT2D eigenvalue weighted by Crippen LogP contribution is -2.52. The number of anilines is 1. The van der Waals surface area contributed by atoms with Gasteiger partial charge in [0.15, 0.2) is 11.7 Å².